The number of para-hydroxylation sites is 1. The molecule has 0 spiro atoms. The molecule has 0 radical (unpaired) electrons. The number of hydrogen-bond donors (Lipinski definition) is 1. The van der Waals surface area contributed by atoms with Gasteiger partial charge in [0.05, 0.1) is 19.4 Å². The lowest BCUT2D eigenvalue weighted by atomic mass is 10.0. The van der Waals surface area contributed by atoms with Crippen LogP contribution in [0.2, 0.25) is 10.0 Å². The molecule has 154 valence electrons. The van der Waals surface area contributed by atoms with Gasteiger partial charge in [-0.1, -0.05) is 46.6 Å². The minimum absolute atomic E-state index is 0.329. The Balaban J connectivity index is 1.39. The Bertz CT molecular complexity index is 1090. The largest absolute Gasteiger partial charge is 0.496 e. The number of halogens is 2. The third-order valence-electron chi connectivity index (χ3n) is 4.65. The van der Waals surface area contributed by atoms with Crippen LogP contribution in [0.5, 0.6) is 5.75 Å². The topological polar surface area (TPSA) is 77.7 Å². The van der Waals surface area contributed by atoms with Gasteiger partial charge < -0.3 is 14.9 Å². The molecule has 30 heavy (non-hydrogen) atoms. The van der Waals surface area contributed by atoms with E-state index in [2.05, 4.69) is 15.6 Å². The molecule has 0 bridgehead atoms. The number of ether oxygens (including phenoxy) is 1. The van der Waals surface area contributed by atoms with Crippen LogP contribution in [0.25, 0.3) is 0 Å². The molecule has 4 rings (SSSR count). The lowest BCUT2D eigenvalue weighted by Crippen LogP contribution is -2.28. The summed E-state index contributed by atoms with van der Waals surface area (Å²) >= 11 is 12.4. The van der Waals surface area contributed by atoms with Gasteiger partial charge in [-0.25, -0.2) is 0 Å². The molecule has 7 nitrogen and oxygen atoms in total. The minimum Gasteiger partial charge on any atom is -0.496 e. The van der Waals surface area contributed by atoms with E-state index in [-0.39, 0.29) is 5.91 Å². The van der Waals surface area contributed by atoms with Gasteiger partial charge >= 0.3 is 0 Å². The maximum absolute atomic E-state index is 12.6. The number of aromatic nitrogens is 2. The second-order valence-electron chi connectivity index (χ2n) is 6.62. The number of carbonyl (C=O) groups is 1. The quantitative estimate of drug-likeness (QED) is 0.611. The van der Waals surface area contributed by atoms with Crippen LogP contribution in [-0.2, 0) is 16.2 Å². The standard InChI is InChI=1S/C21H18Cl2N4O3/c1-29-18-8-3-2-5-13(18)17-11-19(30-26-17)21(28)24-20-9-10-27(25-20)12-14-15(22)6-4-7-16(14)23/h2-10,19H,11-12H2,1H3,(H,24,25,28). The molecule has 0 fully saturated rings. The van der Waals surface area contributed by atoms with E-state index in [0.29, 0.717) is 40.3 Å². The van der Waals surface area contributed by atoms with Crippen LogP contribution in [0, 0.1) is 0 Å². The Morgan fingerprint density at radius 3 is 2.73 bits per heavy atom. The van der Waals surface area contributed by atoms with Crippen molar-refractivity contribution in [3.63, 3.8) is 0 Å². The summed E-state index contributed by atoms with van der Waals surface area (Å²) < 4.78 is 7.00. The van der Waals surface area contributed by atoms with Gasteiger partial charge in [-0.2, -0.15) is 5.10 Å². The van der Waals surface area contributed by atoms with Gasteiger partial charge in [-0.3, -0.25) is 9.48 Å². The number of anilines is 1. The zero-order chi connectivity index (χ0) is 21.1. The average Bonchev–Trinajstić information content (AvgIpc) is 3.40. The van der Waals surface area contributed by atoms with Gasteiger partial charge in [0.2, 0.25) is 6.10 Å². The Hall–Kier alpha value is -3.03. The summed E-state index contributed by atoms with van der Waals surface area (Å²) in [6.45, 7) is 0.384. The Labute approximate surface area is 183 Å². The van der Waals surface area contributed by atoms with Gasteiger partial charge in [0.1, 0.15) is 5.75 Å². The highest BCUT2D eigenvalue weighted by Gasteiger charge is 2.30. The van der Waals surface area contributed by atoms with Crippen molar-refractivity contribution >= 4 is 40.6 Å². The van der Waals surface area contributed by atoms with Crippen LogP contribution in [0.3, 0.4) is 0 Å². The van der Waals surface area contributed by atoms with Crippen LogP contribution in [0.15, 0.2) is 59.9 Å². The SMILES string of the molecule is COc1ccccc1C1=NOC(C(=O)Nc2ccn(Cc3c(Cl)cccc3Cl)n2)C1. The fourth-order valence-electron chi connectivity index (χ4n) is 3.13. The monoisotopic (exact) mass is 444 g/mol. The van der Waals surface area contributed by atoms with Crippen molar-refractivity contribution in [2.75, 3.05) is 12.4 Å². The summed E-state index contributed by atoms with van der Waals surface area (Å²) in [7, 11) is 1.59. The first kappa shape index (κ1) is 20.3. The second kappa shape index (κ2) is 8.77. The van der Waals surface area contributed by atoms with E-state index in [0.717, 1.165) is 11.1 Å². The van der Waals surface area contributed by atoms with Crippen molar-refractivity contribution in [1.82, 2.24) is 9.78 Å². The van der Waals surface area contributed by atoms with Gasteiger partial charge in [0.15, 0.2) is 5.82 Å². The predicted molar refractivity (Wildman–Crippen MR) is 115 cm³/mol. The van der Waals surface area contributed by atoms with Gasteiger partial charge in [0.25, 0.3) is 5.91 Å². The fourth-order valence-corrected chi connectivity index (χ4v) is 3.65. The Morgan fingerprint density at radius 2 is 1.97 bits per heavy atom. The molecular formula is C21H18Cl2N4O3. The summed E-state index contributed by atoms with van der Waals surface area (Å²) in [4.78, 5) is 17.9. The predicted octanol–water partition coefficient (Wildman–Crippen LogP) is 4.38. The van der Waals surface area contributed by atoms with Crippen molar-refractivity contribution < 1.29 is 14.4 Å². The molecule has 1 unspecified atom stereocenters. The lowest BCUT2D eigenvalue weighted by Gasteiger charge is -2.09. The van der Waals surface area contributed by atoms with Crippen LogP contribution in [0.4, 0.5) is 5.82 Å². The number of amides is 1. The number of nitrogens with one attached hydrogen (secondary N) is 1. The lowest BCUT2D eigenvalue weighted by molar-refractivity contribution is -0.125. The minimum atomic E-state index is -0.743. The number of methoxy groups -OCH3 is 1. The molecule has 0 aliphatic carbocycles. The fraction of sp³-hybridized carbons (Fsp3) is 0.190. The highest BCUT2D eigenvalue weighted by atomic mass is 35.5. The molecule has 2 aromatic carbocycles. The molecule has 1 aromatic heterocycles. The Kier molecular flexibility index (Phi) is 5.92. The molecule has 9 heteroatoms. The number of nitrogens with zero attached hydrogens (tertiary/aromatic N) is 3. The van der Waals surface area contributed by atoms with Gasteiger partial charge in [-0.15, -0.1) is 0 Å². The van der Waals surface area contributed by atoms with Gasteiger partial charge in [0, 0.05) is 39.9 Å². The molecule has 1 atom stereocenters. The third-order valence-corrected chi connectivity index (χ3v) is 5.36. The van der Waals surface area contributed by atoms with E-state index in [1.807, 2.05) is 24.3 Å². The van der Waals surface area contributed by atoms with Crippen LogP contribution in [0.1, 0.15) is 17.5 Å². The molecule has 0 saturated heterocycles. The molecule has 0 saturated carbocycles. The van der Waals surface area contributed by atoms with Crippen molar-refractivity contribution in [2.24, 2.45) is 5.16 Å². The van der Waals surface area contributed by atoms with Gasteiger partial charge in [-0.05, 0) is 24.3 Å². The van der Waals surface area contributed by atoms with Crippen LogP contribution >= 0.6 is 23.2 Å². The van der Waals surface area contributed by atoms with E-state index in [1.165, 1.54) is 0 Å². The molecule has 1 N–H and O–H groups in total. The zero-order valence-electron chi connectivity index (χ0n) is 16.0. The second-order valence-corrected chi connectivity index (χ2v) is 7.44. The highest BCUT2D eigenvalue weighted by Crippen LogP contribution is 2.26. The van der Waals surface area contributed by atoms with Crippen molar-refractivity contribution in [3.05, 3.63) is 75.9 Å². The maximum atomic E-state index is 12.6. The number of benzene rings is 2. The average molecular weight is 445 g/mol. The van der Waals surface area contributed by atoms with Crippen LogP contribution < -0.4 is 10.1 Å². The molecule has 1 amide bonds. The van der Waals surface area contributed by atoms with E-state index in [4.69, 9.17) is 32.8 Å². The van der Waals surface area contributed by atoms with E-state index < -0.39 is 6.10 Å². The van der Waals surface area contributed by atoms with Crippen molar-refractivity contribution in [1.29, 1.82) is 0 Å². The number of oxime groups is 1. The first-order chi connectivity index (χ1) is 14.5. The number of carbonyl (C=O) groups excluding carboxylic acids is 1. The summed E-state index contributed by atoms with van der Waals surface area (Å²) in [6, 6.07) is 14.5. The highest BCUT2D eigenvalue weighted by molar-refractivity contribution is 6.36. The smallest absolute Gasteiger partial charge is 0.269 e. The van der Waals surface area contributed by atoms with E-state index in [1.54, 1.807) is 42.3 Å². The van der Waals surface area contributed by atoms with Crippen LogP contribution in [-0.4, -0.2) is 34.6 Å². The first-order valence-corrected chi connectivity index (χ1v) is 9.94. The molecule has 3 aromatic rings. The summed E-state index contributed by atoms with van der Waals surface area (Å²) in [5.74, 6) is 0.750. The normalized spacial score (nSPS) is 15.4. The molecule has 2 heterocycles. The Morgan fingerprint density at radius 1 is 1.20 bits per heavy atom. The number of rotatable bonds is 6. The zero-order valence-corrected chi connectivity index (χ0v) is 17.5. The summed E-state index contributed by atoms with van der Waals surface area (Å²) in [5, 5.41) is 12.3. The van der Waals surface area contributed by atoms with Crippen molar-refractivity contribution in [2.45, 2.75) is 19.1 Å². The van der Waals surface area contributed by atoms with E-state index in [9.17, 15) is 4.79 Å². The molecule has 1 aliphatic rings. The molecular weight excluding hydrogens is 427 g/mol. The first-order valence-electron chi connectivity index (χ1n) is 9.18. The van der Waals surface area contributed by atoms with Crippen molar-refractivity contribution in [3.8, 4) is 5.75 Å². The molecule has 1 aliphatic heterocycles. The third kappa shape index (κ3) is 4.27. The van der Waals surface area contributed by atoms with E-state index >= 15 is 0 Å². The summed E-state index contributed by atoms with van der Waals surface area (Å²) in [5.41, 5.74) is 2.22. The summed E-state index contributed by atoms with van der Waals surface area (Å²) in [6.07, 6.45) is 1.33. The number of hydrogen-bond acceptors (Lipinski definition) is 5. The maximum Gasteiger partial charge on any atom is 0.269 e.